The zero-order valence-corrected chi connectivity index (χ0v) is 23.3. The highest BCUT2D eigenvalue weighted by atomic mass is 32.2. The first-order chi connectivity index (χ1) is 19.9. The molecule has 1 aliphatic heterocycles. The summed E-state index contributed by atoms with van der Waals surface area (Å²) >= 11 is 1.46. The fourth-order valence-corrected chi connectivity index (χ4v) is 7.02. The van der Waals surface area contributed by atoms with Crippen LogP contribution in [0.2, 0.25) is 0 Å². The molecule has 6 rings (SSSR count). The summed E-state index contributed by atoms with van der Waals surface area (Å²) in [6, 6.07) is 19.7. The number of halogens is 1. The second-order valence-corrected chi connectivity index (χ2v) is 11.5. The number of fused-ring (bicyclic) bond motifs is 2. The number of methoxy groups -OCH3 is 1. The van der Waals surface area contributed by atoms with Gasteiger partial charge in [-0.25, -0.2) is 14.4 Å². The Morgan fingerprint density at radius 3 is 2.71 bits per heavy atom. The topological polar surface area (TPSA) is 100 Å². The molecule has 0 bridgehead atoms. The number of benzene rings is 2. The number of thioether (sulfide) groups is 1. The maximum atomic E-state index is 16.1. The van der Waals surface area contributed by atoms with Crippen LogP contribution in [0.3, 0.4) is 0 Å². The average molecular weight is 564 g/mol. The first-order valence-electron chi connectivity index (χ1n) is 13.1. The van der Waals surface area contributed by atoms with E-state index in [0.29, 0.717) is 51.9 Å². The highest BCUT2D eigenvalue weighted by Crippen LogP contribution is 2.57. The molecular weight excluding hydrogens is 537 g/mol. The summed E-state index contributed by atoms with van der Waals surface area (Å²) in [4.78, 5) is 26.9. The van der Waals surface area contributed by atoms with Crippen molar-refractivity contribution >= 4 is 22.8 Å². The standard InChI is InChI=1S/C32H26FN5O2S/c1-31-14-23-10-11-36-29(40-2)25(23)15-32(31,38-30(41-19-31)37-28(39)21-6-4-3-5-7-21)26-13-22(8-9-27(26)33)24-12-20(16-34)17-35-18-24/h3-13,17-18H,14-15,19H2,1-2H3,(H,37,38,39)/t31-,32+/m0/s1. The van der Waals surface area contributed by atoms with Crippen molar-refractivity contribution in [1.29, 1.82) is 5.26 Å². The molecule has 0 unspecified atom stereocenters. The van der Waals surface area contributed by atoms with E-state index in [-0.39, 0.29) is 5.91 Å². The third-order valence-corrected chi connectivity index (χ3v) is 9.26. The number of aliphatic imine (C=N–C) groups is 1. The third-order valence-electron chi connectivity index (χ3n) is 8.01. The fourth-order valence-electron chi connectivity index (χ4n) is 5.84. The molecule has 0 saturated carbocycles. The lowest BCUT2D eigenvalue weighted by atomic mass is 9.58. The van der Waals surface area contributed by atoms with Gasteiger partial charge in [0.25, 0.3) is 5.91 Å². The highest BCUT2D eigenvalue weighted by molar-refractivity contribution is 8.14. The number of hydrogen-bond acceptors (Lipinski definition) is 7. The van der Waals surface area contributed by atoms with Crippen LogP contribution in [0.4, 0.5) is 4.39 Å². The quantitative estimate of drug-likeness (QED) is 0.342. The predicted molar refractivity (Wildman–Crippen MR) is 156 cm³/mol. The van der Waals surface area contributed by atoms with Gasteiger partial charge in [0.05, 0.1) is 12.7 Å². The minimum absolute atomic E-state index is 0.278. The van der Waals surface area contributed by atoms with Crippen molar-refractivity contribution in [1.82, 2.24) is 15.3 Å². The number of ether oxygens (including phenoxy) is 1. The first kappa shape index (κ1) is 26.7. The lowest BCUT2D eigenvalue weighted by Crippen LogP contribution is -2.54. The van der Waals surface area contributed by atoms with Crippen molar-refractivity contribution in [3.8, 4) is 23.1 Å². The molecule has 2 aromatic carbocycles. The van der Waals surface area contributed by atoms with Crippen LogP contribution in [0, 0.1) is 22.6 Å². The molecule has 0 spiro atoms. The molecule has 41 heavy (non-hydrogen) atoms. The van der Waals surface area contributed by atoms with Gasteiger partial charge in [-0.1, -0.05) is 43.0 Å². The van der Waals surface area contributed by atoms with Crippen LogP contribution in [0.5, 0.6) is 5.88 Å². The zero-order valence-electron chi connectivity index (χ0n) is 22.5. The van der Waals surface area contributed by atoms with E-state index in [2.05, 4.69) is 28.3 Å². The smallest absolute Gasteiger partial charge is 0.257 e. The molecule has 2 atom stereocenters. The Bertz CT molecular complexity index is 1740. The average Bonchev–Trinajstić information content (AvgIpc) is 3.00. The van der Waals surface area contributed by atoms with E-state index in [4.69, 9.17) is 9.73 Å². The van der Waals surface area contributed by atoms with Crippen LogP contribution in [-0.4, -0.2) is 33.9 Å². The number of hydrogen-bond donors (Lipinski definition) is 1. The van der Waals surface area contributed by atoms with Crippen molar-refractivity contribution < 1.29 is 13.9 Å². The van der Waals surface area contributed by atoms with E-state index in [1.54, 1.807) is 62.0 Å². The number of rotatable bonds is 4. The minimum atomic E-state index is -1.08. The van der Waals surface area contributed by atoms with Gasteiger partial charge in [0.1, 0.15) is 17.4 Å². The van der Waals surface area contributed by atoms with Crippen LogP contribution in [0.1, 0.15) is 39.5 Å². The monoisotopic (exact) mass is 563 g/mol. The summed E-state index contributed by atoms with van der Waals surface area (Å²) in [5.74, 6) is 0.398. The SMILES string of the molecule is COc1nccc2c1C[C@]1(c3cc(-c4cncc(C#N)c4)ccc3F)N=C(NC(=O)c3ccccc3)SC[C@]1(C)C2. The number of aromatic nitrogens is 2. The second-order valence-electron chi connectivity index (χ2n) is 10.5. The van der Waals surface area contributed by atoms with Gasteiger partial charge in [-0.15, -0.1) is 0 Å². The second kappa shape index (κ2) is 10.5. The lowest BCUT2D eigenvalue weighted by Gasteiger charge is -2.52. The van der Waals surface area contributed by atoms with Crippen molar-refractivity contribution in [2.24, 2.45) is 10.4 Å². The largest absolute Gasteiger partial charge is 0.481 e. The molecule has 0 fully saturated rings. The van der Waals surface area contributed by atoms with Gasteiger partial charge >= 0.3 is 0 Å². The number of carbonyl (C=O) groups excluding carboxylic acids is 1. The molecule has 4 aromatic rings. The number of carbonyl (C=O) groups is 1. The summed E-state index contributed by atoms with van der Waals surface area (Å²) in [6.45, 7) is 2.12. The predicted octanol–water partition coefficient (Wildman–Crippen LogP) is 5.70. The number of nitrogens with one attached hydrogen (secondary N) is 1. The normalized spacial score (nSPS) is 21.1. The molecule has 7 nitrogen and oxygen atoms in total. The van der Waals surface area contributed by atoms with E-state index in [1.165, 1.54) is 24.0 Å². The van der Waals surface area contributed by atoms with Crippen molar-refractivity contribution in [2.75, 3.05) is 12.9 Å². The molecule has 0 radical (unpaired) electrons. The Kier molecular flexibility index (Phi) is 6.80. The molecule has 0 saturated heterocycles. The van der Waals surface area contributed by atoms with Crippen molar-refractivity contribution in [2.45, 2.75) is 25.3 Å². The number of pyridine rings is 2. The van der Waals surface area contributed by atoms with Crippen LogP contribution in [-0.2, 0) is 18.4 Å². The molecular formula is C32H26FN5O2S. The Morgan fingerprint density at radius 2 is 1.93 bits per heavy atom. The Balaban J connectivity index is 1.54. The molecule has 1 aliphatic carbocycles. The van der Waals surface area contributed by atoms with Crippen LogP contribution in [0.25, 0.3) is 11.1 Å². The Hall–Kier alpha value is -4.55. The molecule has 3 heterocycles. The van der Waals surface area contributed by atoms with E-state index in [0.717, 1.165) is 16.7 Å². The Labute approximate surface area is 241 Å². The number of amidine groups is 1. The molecule has 204 valence electrons. The van der Waals surface area contributed by atoms with Crippen LogP contribution in [0.15, 0.2) is 84.2 Å². The summed E-state index contributed by atoms with van der Waals surface area (Å²) in [7, 11) is 1.57. The minimum Gasteiger partial charge on any atom is -0.481 e. The van der Waals surface area contributed by atoms with Gasteiger partial charge in [0, 0.05) is 58.4 Å². The summed E-state index contributed by atoms with van der Waals surface area (Å²) in [5, 5.41) is 12.8. The van der Waals surface area contributed by atoms with Crippen LogP contribution < -0.4 is 10.1 Å². The van der Waals surface area contributed by atoms with Gasteiger partial charge in [0.15, 0.2) is 5.17 Å². The van der Waals surface area contributed by atoms with E-state index < -0.39 is 16.8 Å². The van der Waals surface area contributed by atoms with Crippen molar-refractivity contribution in [3.05, 3.63) is 113 Å². The molecule has 2 aromatic heterocycles. The van der Waals surface area contributed by atoms with Crippen molar-refractivity contribution in [3.63, 3.8) is 0 Å². The zero-order chi connectivity index (χ0) is 28.6. The van der Waals surface area contributed by atoms with Gasteiger partial charge in [-0.3, -0.25) is 9.78 Å². The molecule has 1 amide bonds. The van der Waals surface area contributed by atoms with E-state index >= 15 is 4.39 Å². The van der Waals surface area contributed by atoms with Gasteiger partial charge < -0.3 is 10.1 Å². The molecule has 1 N–H and O–H groups in total. The van der Waals surface area contributed by atoms with Crippen LogP contribution >= 0.6 is 11.8 Å². The Morgan fingerprint density at radius 1 is 1.10 bits per heavy atom. The lowest BCUT2D eigenvalue weighted by molar-refractivity contribution is 0.0975. The fraction of sp³-hybridized carbons (Fsp3) is 0.219. The molecule has 2 aliphatic rings. The van der Waals surface area contributed by atoms with Gasteiger partial charge in [0.2, 0.25) is 5.88 Å². The number of nitriles is 1. The van der Waals surface area contributed by atoms with Gasteiger partial charge in [-0.2, -0.15) is 5.26 Å². The van der Waals surface area contributed by atoms with E-state index in [9.17, 15) is 10.1 Å². The van der Waals surface area contributed by atoms with Gasteiger partial charge in [-0.05, 0) is 53.9 Å². The maximum absolute atomic E-state index is 16.1. The molecule has 9 heteroatoms. The third kappa shape index (κ3) is 4.64. The number of amides is 1. The highest BCUT2D eigenvalue weighted by Gasteiger charge is 2.56. The number of nitrogens with zero attached hydrogens (tertiary/aromatic N) is 4. The van der Waals surface area contributed by atoms with E-state index in [1.807, 2.05) is 12.1 Å². The first-order valence-corrected chi connectivity index (χ1v) is 14.1. The maximum Gasteiger partial charge on any atom is 0.257 e. The summed E-state index contributed by atoms with van der Waals surface area (Å²) in [6.07, 6.45) is 5.83. The summed E-state index contributed by atoms with van der Waals surface area (Å²) < 4.78 is 21.7. The summed E-state index contributed by atoms with van der Waals surface area (Å²) in [5.41, 5.74) is 3.11.